The Morgan fingerprint density at radius 1 is 1.29 bits per heavy atom. The number of benzene rings is 1. The van der Waals surface area contributed by atoms with Gasteiger partial charge in [-0.15, -0.1) is 0 Å². The van der Waals surface area contributed by atoms with E-state index in [1.165, 1.54) is 30.8 Å². The summed E-state index contributed by atoms with van der Waals surface area (Å²) < 4.78 is 5.91. The number of rotatable bonds is 5. The van der Waals surface area contributed by atoms with Crippen LogP contribution < -0.4 is 10.3 Å². The first-order chi connectivity index (χ1) is 11.7. The summed E-state index contributed by atoms with van der Waals surface area (Å²) in [6.07, 6.45) is 5.85. The van der Waals surface area contributed by atoms with E-state index in [-0.39, 0.29) is 5.56 Å². The second-order valence-corrected chi connectivity index (χ2v) is 6.53. The van der Waals surface area contributed by atoms with Crippen molar-refractivity contribution in [3.63, 3.8) is 0 Å². The molecule has 122 valence electrons. The molecule has 1 aliphatic carbocycles. The van der Waals surface area contributed by atoms with E-state index in [2.05, 4.69) is 19.9 Å². The number of para-hydroxylation sites is 1. The molecule has 0 atom stereocenters. The summed E-state index contributed by atoms with van der Waals surface area (Å²) in [4.78, 5) is 28.1. The summed E-state index contributed by atoms with van der Waals surface area (Å²) in [5.74, 6) is 1.84. The maximum absolute atomic E-state index is 12.3. The number of hydrogen-bond acceptors (Lipinski definition) is 6. The molecule has 0 aliphatic heterocycles. The van der Waals surface area contributed by atoms with Crippen LogP contribution >= 0.6 is 11.8 Å². The van der Waals surface area contributed by atoms with Crippen LogP contribution in [-0.2, 0) is 0 Å². The number of aromatic amines is 1. The normalized spacial score (nSPS) is 14.0. The van der Waals surface area contributed by atoms with Gasteiger partial charge in [-0.1, -0.05) is 23.9 Å². The molecule has 7 heteroatoms. The maximum atomic E-state index is 12.3. The first-order valence-corrected chi connectivity index (χ1v) is 9.00. The van der Waals surface area contributed by atoms with Crippen LogP contribution in [-0.4, -0.2) is 32.8 Å². The molecular weight excluding hydrogens is 324 g/mol. The molecular formula is C17H16N4O2S. The smallest absolute Gasteiger partial charge is 0.262 e. The molecule has 24 heavy (non-hydrogen) atoms. The molecule has 0 radical (unpaired) electrons. The zero-order valence-electron chi connectivity index (χ0n) is 13.2. The Hall–Kier alpha value is -2.41. The SMILES string of the molecule is CSc1ncc2c(=O)[nH]c(-c3ccccc3OCC3CC3)nc2n1. The molecule has 0 amide bonds. The van der Waals surface area contributed by atoms with Gasteiger partial charge in [0.25, 0.3) is 5.56 Å². The van der Waals surface area contributed by atoms with Gasteiger partial charge in [-0.2, -0.15) is 0 Å². The van der Waals surface area contributed by atoms with Crippen LogP contribution in [0.25, 0.3) is 22.4 Å². The summed E-state index contributed by atoms with van der Waals surface area (Å²) in [7, 11) is 0. The minimum atomic E-state index is -0.250. The van der Waals surface area contributed by atoms with Crippen molar-refractivity contribution in [2.45, 2.75) is 18.0 Å². The number of nitrogens with one attached hydrogen (secondary N) is 1. The van der Waals surface area contributed by atoms with E-state index in [1.54, 1.807) is 0 Å². The van der Waals surface area contributed by atoms with Crippen molar-refractivity contribution in [2.75, 3.05) is 12.9 Å². The summed E-state index contributed by atoms with van der Waals surface area (Å²) >= 11 is 1.41. The Morgan fingerprint density at radius 3 is 2.92 bits per heavy atom. The van der Waals surface area contributed by atoms with Crippen molar-refractivity contribution in [2.24, 2.45) is 5.92 Å². The van der Waals surface area contributed by atoms with Gasteiger partial charge in [0, 0.05) is 6.20 Å². The first-order valence-electron chi connectivity index (χ1n) is 7.78. The topological polar surface area (TPSA) is 80.8 Å². The molecule has 0 bridgehead atoms. The van der Waals surface area contributed by atoms with Crippen molar-refractivity contribution in [1.29, 1.82) is 0 Å². The standard InChI is InChI=1S/C17H16N4O2S/c1-24-17-18-8-12-15(21-17)19-14(20-16(12)22)11-4-2-3-5-13(11)23-9-10-6-7-10/h2-5,8,10H,6-7,9H2,1H3,(H,18,19,20,21,22). The van der Waals surface area contributed by atoms with Gasteiger partial charge in [-0.3, -0.25) is 4.79 Å². The monoisotopic (exact) mass is 340 g/mol. The quantitative estimate of drug-likeness (QED) is 0.568. The molecule has 0 saturated heterocycles. The van der Waals surface area contributed by atoms with E-state index in [0.717, 1.165) is 11.3 Å². The lowest BCUT2D eigenvalue weighted by molar-refractivity contribution is 0.301. The van der Waals surface area contributed by atoms with Gasteiger partial charge in [-0.05, 0) is 37.1 Å². The van der Waals surface area contributed by atoms with Crippen LogP contribution in [0.4, 0.5) is 0 Å². The Morgan fingerprint density at radius 2 is 2.12 bits per heavy atom. The fourth-order valence-electron chi connectivity index (χ4n) is 2.42. The van der Waals surface area contributed by atoms with Crippen molar-refractivity contribution in [1.82, 2.24) is 19.9 Å². The molecule has 4 rings (SSSR count). The number of ether oxygens (including phenoxy) is 1. The number of H-pyrrole nitrogens is 1. The highest BCUT2D eigenvalue weighted by atomic mass is 32.2. The second kappa shape index (κ2) is 6.24. The number of aromatic nitrogens is 4. The Labute approximate surface area is 142 Å². The summed E-state index contributed by atoms with van der Waals surface area (Å²) in [6, 6.07) is 7.61. The maximum Gasteiger partial charge on any atom is 0.262 e. The Bertz CT molecular complexity index is 953. The van der Waals surface area contributed by atoms with Gasteiger partial charge < -0.3 is 9.72 Å². The zero-order valence-corrected chi connectivity index (χ0v) is 14.0. The van der Waals surface area contributed by atoms with Gasteiger partial charge in [0.15, 0.2) is 10.8 Å². The third-order valence-electron chi connectivity index (χ3n) is 3.94. The second-order valence-electron chi connectivity index (χ2n) is 5.76. The highest BCUT2D eigenvalue weighted by Crippen LogP contribution is 2.32. The van der Waals surface area contributed by atoms with Crippen LogP contribution in [0.2, 0.25) is 0 Å². The highest BCUT2D eigenvalue weighted by Gasteiger charge is 2.22. The summed E-state index contributed by atoms with van der Waals surface area (Å²) in [5, 5.41) is 0.970. The predicted molar refractivity (Wildman–Crippen MR) is 93.4 cm³/mol. The van der Waals surface area contributed by atoms with Crippen LogP contribution in [0, 0.1) is 5.92 Å². The first kappa shape index (κ1) is 15.1. The van der Waals surface area contributed by atoms with Crippen molar-refractivity contribution < 1.29 is 4.74 Å². The third kappa shape index (κ3) is 2.99. The third-order valence-corrected chi connectivity index (χ3v) is 4.50. The number of hydrogen-bond donors (Lipinski definition) is 1. The van der Waals surface area contributed by atoms with Crippen LogP contribution in [0.3, 0.4) is 0 Å². The molecule has 1 aromatic carbocycles. The van der Waals surface area contributed by atoms with E-state index >= 15 is 0 Å². The summed E-state index contributed by atoms with van der Waals surface area (Å²) in [5.41, 5.74) is 0.909. The Kier molecular flexibility index (Phi) is 3.93. The van der Waals surface area contributed by atoms with E-state index in [4.69, 9.17) is 4.74 Å². The van der Waals surface area contributed by atoms with E-state index in [1.807, 2.05) is 30.5 Å². The lowest BCUT2D eigenvalue weighted by atomic mass is 10.2. The van der Waals surface area contributed by atoms with Gasteiger partial charge in [-0.25, -0.2) is 15.0 Å². The highest BCUT2D eigenvalue weighted by molar-refractivity contribution is 7.98. The van der Waals surface area contributed by atoms with Crippen molar-refractivity contribution in [3.05, 3.63) is 40.8 Å². The lowest BCUT2D eigenvalue weighted by Gasteiger charge is -2.10. The average molecular weight is 340 g/mol. The molecule has 2 aromatic heterocycles. The van der Waals surface area contributed by atoms with Crippen LogP contribution in [0.15, 0.2) is 40.4 Å². The molecule has 1 fully saturated rings. The predicted octanol–water partition coefficient (Wildman–Crippen LogP) is 2.89. The Balaban J connectivity index is 1.79. The van der Waals surface area contributed by atoms with Crippen molar-refractivity contribution >= 4 is 22.8 Å². The molecule has 2 heterocycles. The van der Waals surface area contributed by atoms with Gasteiger partial charge in [0.1, 0.15) is 17.0 Å². The zero-order chi connectivity index (χ0) is 16.5. The van der Waals surface area contributed by atoms with Crippen LogP contribution in [0.5, 0.6) is 5.75 Å². The van der Waals surface area contributed by atoms with E-state index < -0.39 is 0 Å². The molecule has 3 aromatic rings. The summed E-state index contributed by atoms with van der Waals surface area (Å²) in [6.45, 7) is 0.702. The number of nitrogens with zero attached hydrogens (tertiary/aromatic N) is 3. The fraction of sp³-hybridized carbons (Fsp3) is 0.294. The lowest BCUT2D eigenvalue weighted by Crippen LogP contribution is -2.12. The number of fused-ring (bicyclic) bond motifs is 1. The largest absolute Gasteiger partial charge is 0.493 e. The van der Waals surface area contributed by atoms with Gasteiger partial charge in [0.2, 0.25) is 0 Å². The van der Waals surface area contributed by atoms with Crippen LogP contribution in [0.1, 0.15) is 12.8 Å². The minimum Gasteiger partial charge on any atom is -0.493 e. The molecule has 1 N–H and O–H groups in total. The molecule has 1 aliphatic rings. The average Bonchev–Trinajstić information content (AvgIpc) is 3.44. The van der Waals surface area contributed by atoms with Crippen molar-refractivity contribution in [3.8, 4) is 17.1 Å². The molecule has 0 spiro atoms. The van der Waals surface area contributed by atoms with E-state index in [0.29, 0.717) is 34.5 Å². The fourth-order valence-corrected chi connectivity index (χ4v) is 2.75. The van der Waals surface area contributed by atoms with Gasteiger partial charge in [0.05, 0.1) is 12.2 Å². The number of thioether (sulfide) groups is 1. The van der Waals surface area contributed by atoms with E-state index in [9.17, 15) is 4.79 Å². The molecule has 6 nitrogen and oxygen atoms in total. The van der Waals surface area contributed by atoms with Gasteiger partial charge >= 0.3 is 0 Å². The molecule has 1 saturated carbocycles. The molecule has 0 unspecified atom stereocenters. The minimum absolute atomic E-state index is 0.250.